The summed E-state index contributed by atoms with van der Waals surface area (Å²) >= 11 is 12.9. The van der Waals surface area contributed by atoms with Gasteiger partial charge in [0.2, 0.25) is 5.91 Å². The molecule has 1 aromatic heterocycles. The molecule has 7 heteroatoms. The average molecular weight is 329 g/mol. The number of thiophene rings is 1. The topological polar surface area (TPSA) is 58.2 Å². The lowest BCUT2D eigenvalue weighted by atomic mass is 10.2. The van der Waals surface area contributed by atoms with Gasteiger partial charge >= 0.3 is 0 Å². The van der Waals surface area contributed by atoms with Crippen LogP contribution in [0.15, 0.2) is 30.3 Å². The van der Waals surface area contributed by atoms with Crippen LogP contribution in [0.25, 0.3) is 0 Å². The van der Waals surface area contributed by atoms with Crippen LogP contribution in [0.2, 0.25) is 8.67 Å². The molecule has 0 atom stereocenters. The molecule has 0 radical (unpaired) electrons. The monoisotopic (exact) mass is 328 g/mol. The van der Waals surface area contributed by atoms with Gasteiger partial charge in [-0.25, -0.2) is 0 Å². The maximum Gasteiger partial charge on any atom is 0.258 e. The number of halogens is 2. The van der Waals surface area contributed by atoms with Gasteiger partial charge in [0.25, 0.3) is 5.91 Å². The molecule has 0 saturated heterocycles. The number of amides is 2. The van der Waals surface area contributed by atoms with Crippen LogP contribution in [0.3, 0.4) is 0 Å². The fourth-order valence-electron chi connectivity index (χ4n) is 1.57. The van der Waals surface area contributed by atoms with E-state index in [2.05, 4.69) is 10.6 Å². The molecule has 1 heterocycles. The van der Waals surface area contributed by atoms with Gasteiger partial charge in [0.05, 0.1) is 9.90 Å². The summed E-state index contributed by atoms with van der Waals surface area (Å²) in [4.78, 5) is 23.0. The second-order valence-electron chi connectivity index (χ2n) is 3.95. The average Bonchev–Trinajstić information content (AvgIpc) is 2.68. The molecule has 0 unspecified atom stereocenters. The van der Waals surface area contributed by atoms with E-state index in [-0.39, 0.29) is 11.8 Å². The largest absolute Gasteiger partial charge is 0.326 e. The third-order valence-electron chi connectivity index (χ3n) is 2.34. The first-order valence-electron chi connectivity index (χ1n) is 5.59. The zero-order chi connectivity index (χ0) is 14.7. The number of carbonyl (C=O) groups is 2. The number of anilines is 2. The van der Waals surface area contributed by atoms with Gasteiger partial charge in [0.15, 0.2) is 0 Å². The number of hydrogen-bond acceptors (Lipinski definition) is 3. The normalized spacial score (nSPS) is 10.2. The smallest absolute Gasteiger partial charge is 0.258 e. The van der Waals surface area contributed by atoms with Crippen molar-refractivity contribution >= 4 is 57.7 Å². The Hall–Kier alpha value is -1.56. The molecule has 2 amide bonds. The Kier molecular flexibility index (Phi) is 4.65. The quantitative estimate of drug-likeness (QED) is 0.884. The highest BCUT2D eigenvalue weighted by atomic mass is 35.5. The summed E-state index contributed by atoms with van der Waals surface area (Å²) in [5.41, 5.74) is 1.48. The molecule has 2 N–H and O–H groups in total. The maximum absolute atomic E-state index is 12.0. The van der Waals surface area contributed by atoms with Crippen LogP contribution in [0.5, 0.6) is 0 Å². The van der Waals surface area contributed by atoms with Crippen molar-refractivity contribution in [3.63, 3.8) is 0 Å². The summed E-state index contributed by atoms with van der Waals surface area (Å²) in [6.45, 7) is 1.42. The van der Waals surface area contributed by atoms with E-state index < -0.39 is 0 Å². The summed E-state index contributed by atoms with van der Waals surface area (Å²) in [7, 11) is 0. The molecule has 0 aliphatic heterocycles. The highest BCUT2D eigenvalue weighted by molar-refractivity contribution is 7.20. The lowest BCUT2D eigenvalue weighted by Crippen LogP contribution is -2.12. The fourth-order valence-corrected chi connectivity index (χ4v) is 3.03. The van der Waals surface area contributed by atoms with E-state index in [4.69, 9.17) is 23.2 Å². The second-order valence-corrected chi connectivity index (χ2v) is 6.24. The fraction of sp³-hybridized carbons (Fsp3) is 0.0769. The molecule has 2 aromatic rings. The third kappa shape index (κ3) is 3.72. The minimum Gasteiger partial charge on any atom is -0.326 e. The van der Waals surface area contributed by atoms with Crippen molar-refractivity contribution in [2.24, 2.45) is 0 Å². The SMILES string of the molecule is CC(=O)Nc1cccc(NC(=O)c2cc(Cl)sc2Cl)c1. The molecule has 2 rings (SSSR count). The van der Waals surface area contributed by atoms with Crippen LogP contribution in [-0.4, -0.2) is 11.8 Å². The molecule has 0 saturated carbocycles. The van der Waals surface area contributed by atoms with E-state index in [0.29, 0.717) is 25.6 Å². The lowest BCUT2D eigenvalue weighted by molar-refractivity contribution is -0.114. The molecule has 4 nitrogen and oxygen atoms in total. The van der Waals surface area contributed by atoms with Gasteiger partial charge < -0.3 is 10.6 Å². The number of benzene rings is 1. The van der Waals surface area contributed by atoms with Gasteiger partial charge in [0, 0.05) is 18.3 Å². The molecular formula is C13H10Cl2N2O2S. The minimum atomic E-state index is -0.349. The summed E-state index contributed by atoms with van der Waals surface area (Å²) in [6.07, 6.45) is 0. The minimum absolute atomic E-state index is 0.180. The van der Waals surface area contributed by atoms with Crippen LogP contribution in [0, 0.1) is 0 Å². The first-order chi connectivity index (χ1) is 9.45. The second kappa shape index (κ2) is 6.26. The highest BCUT2D eigenvalue weighted by Gasteiger charge is 2.14. The first kappa shape index (κ1) is 14.8. The number of hydrogen-bond donors (Lipinski definition) is 2. The Labute approximate surface area is 129 Å². The van der Waals surface area contributed by atoms with E-state index in [1.165, 1.54) is 13.0 Å². The Balaban J connectivity index is 2.15. The Bertz CT molecular complexity index is 670. The highest BCUT2D eigenvalue weighted by Crippen LogP contribution is 2.31. The zero-order valence-corrected chi connectivity index (χ0v) is 12.7. The van der Waals surface area contributed by atoms with Gasteiger partial charge in [-0.3, -0.25) is 9.59 Å². The van der Waals surface area contributed by atoms with Crippen molar-refractivity contribution in [1.82, 2.24) is 0 Å². The number of rotatable bonds is 3. The standard InChI is InChI=1S/C13H10Cl2N2O2S/c1-7(18)16-8-3-2-4-9(5-8)17-13(19)10-6-11(14)20-12(10)15/h2-6H,1H3,(H,16,18)(H,17,19). The van der Waals surface area contributed by atoms with Crippen molar-refractivity contribution in [2.45, 2.75) is 6.92 Å². The zero-order valence-electron chi connectivity index (χ0n) is 10.4. The molecule has 1 aromatic carbocycles. The van der Waals surface area contributed by atoms with E-state index in [9.17, 15) is 9.59 Å². The maximum atomic E-state index is 12.0. The van der Waals surface area contributed by atoms with Crippen molar-refractivity contribution in [1.29, 1.82) is 0 Å². The van der Waals surface area contributed by atoms with Crippen LogP contribution in [-0.2, 0) is 4.79 Å². The van der Waals surface area contributed by atoms with Crippen LogP contribution < -0.4 is 10.6 Å². The molecular weight excluding hydrogens is 319 g/mol. The van der Waals surface area contributed by atoms with Crippen LogP contribution in [0.1, 0.15) is 17.3 Å². The summed E-state index contributed by atoms with van der Waals surface area (Å²) in [6, 6.07) is 8.34. The molecule has 0 spiro atoms. The number of nitrogens with one attached hydrogen (secondary N) is 2. The first-order valence-corrected chi connectivity index (χ1v) is 7.17. The van der Waals surface area contributed by atoms with Gasteiger partial charge in [-0.15, -0.1) is 11.3 Å². The van der Waals surface area contributed by atoms with Gasteiger partial charge in [-0.1, -0.05) is 29.3 Å². The molecule has 0 aliphatic rings. The van der Waals surface area contributed by atoms with E-state index >= 15 is 0 Å². The van der Waals surface area contributed by atoms with Gasteiger partial charge in [-0.05, 0) is 24.3 Å². The Morgan fingerprint density at radius 1 is 1.10 bits per heavy atom. The van der Waals surface area contributed by atoms with E-state index in [0.717, 1.165) is 11.3 Å². The van der Waals surface area contributed by atoms with Crippen molar-refractivity contribution in [2.75, 3.05) is 10.6 Å². The molecule has 104 valence electrons. The van der Waals surface area contributed by atoms with E-state index in [1.54, 1.807) is 24.3 Å². The summed E-state index contributed by atoms with van der Waals surface area (Å²) in [5, 5.41) is 5.34. The number of carbonyl (C=O) groups excluding carboxylic acids is 2. The Morgan fingerprint density at radius 3 is 2.30 bits per heavy atom. The van der Waals surface area contributed by atoms with Crippen molar-refractivity contribution < 1.29 is 9.59 Å². The van der Waals surface area contributed by atoms with Crippen LogP contribution in [0.4, 0.5) is 11.4 Å². The molecule has 20 heavy (non-hydrogen) atoms. The van der Waals surface area contributed by atoms with E-state index in [1.807, 2.05) is 0 Å². The van der Waals surface area contributed by atoms with Crippen molar-refractivity contribution in [3.05, 3.63) is 44.6 Å². The van der Waals surface area contributed by atoms with Gasteiger partial charge in [-0.2, -0.15) is 0 Å². The van der Waals surface area contributed by atoms with Crippen LogP contribution >= 0.6 is 34.5 Å². The Morgan fingerprint density at radius 2 is 1.75 bits per heavy atom. The molecule has 0 bridgehead atoms. The summed E-state index contributed by atoms with van der Waals surface area (Å²) in [5.74, 6) is -0.528. The predicted molar refractivity (Wildman–Crippen MR) is 83.0 cm³/mol. The lowest BCUT2D eigenvalue weighted by Gasteiger charge is -2.07. The predicted octanol–water partition coefficient (Wildman–Crippen LogP) is 4.27. The third-order valence-corrected chi connectivity index (χ3v) is 3.83. The van der Waals surface area contributed by atoms with Gasteiger partial charge in [0.1, 0.15) is 4.34 Å². The summed E-state index contributed by atoms with van der Waals surface area (Å²) < 4.78 is 0.790. The van der Waals surface area contributed by atoms with Crippen molar-refractivity contribution in [3.8, 4) is 0 Å². The molecule has 0 aliphatic carbocycles. The molecule has 0 fully saturated rings.